The number of halogens is 1. The highest BCUT2D eigenvalue weighted by atomic mass is 79.9. The number of aryl methyl sites for hydroxylation is 1. The van der Waals surface area contributed by atoms with E-state index < -0.39 is 0 Å². The molecule has 0 aliphatic heterocycles. The number of hydrogen-bond acceptors (Lipinski definition) is 4. The lowest BCUT2D eigenvalue weighted by atomic mass is 10.2. The van der Waals surface area contributed by atoms with Crippen molar-refractivity contribution in [1.82, 2.24) is 9.97 Å². The number of amides is 1. The Labute approximate surface area is 119 Å². The summed E-state index contributed by atoms with van der Waals surface area (Å²) in [4.78, 5) is 20.1. The number of nitrogens with one attached hydrogen (secondary N) is 2. The van der Waals surface area contributed by atoms with E-state index in [1.165, 1.54) is 6.20 Å². The van der Waals surface area contributed by atoms with Gasteiger partial charge in [0.2, 0.25) is 0 Å². The number of rotatable bonds is 3. The maximum atomic E-state index is 12.0. The molecule has 0 bridgehead atoms. The molecule has 0 spiro atoms. The highest BCUT2D eigenvalue weighted by molar-refractivity contribution is 9.10. The maximum absolute atomic E-state index is 12.0. The summed E-state index contributed by atoms with van der Waals surface area (Å²) in [5.41, 5.74) is 2.08. The van der Waals surface area contributed by atoms with Crippen LogP contribution in [-0.4, -0.2) is 22.9 Å². The van der Waals surface area contributed by atoms with Crippen LogP contribution in [0.2, 0.25) is 0 Å². The van der Waals surface area contributed by atoms with Crippen molar-refractivity contribution in [3.05, 3.63) is 46.3 Å². The smallest absolute Gasteiger partial charge is 0.275 e. The Bertz CT molecular complexity index is 615. The second kappa shape index (κ2) is 5.79. The van der Waals surface area contributed by atoms with E-state index in [1.807, 2.05) is 25.1 Å². The third-order valence-electron chi connectivity index (χ3n) is 2.55. The Kier molecular flexibility index (Phi) is 4.11. The van der Waals surface area contributed by atoms with Gasteiger partial charge in [-0.3, -0.25) is 9.78 Å². The molecule has 2 aromatic rings. The Morgan fingerprint density at radius 3 is 2.79 bits per heavy atom. The lowest BCUT2D eigenvalue weighted by molar-refractivity contribution is 0.102. The van der Waals surface area contributed by atoms with Gasteiger partial charge in [-0.1, -0.05) is 22.0 Å². The van der Waals surface area contributed by atoms with Crippen LogP contribution in [0, 0.1) is 6.92 Å². The molecule has 1 aromatic carbocycles. The zero-order valence-electron chi connectivity index (χ0n) is 10.6. The number of hydrogen-bond donors (Lipinski definition) is 2. The zero-order valence-corrected chi connectivity index (χ0v) is 12.2. The molecule has 1 aromatic heterocycles. The quantitative estimate of drug-likeness (QED) is 0.912. The molecule has 0 aliphatic carbocycles. The largest absolute Gasteiger partial charge is 0.372 e. The molecule has 1 amide bonds. The number of carbonyl (C=O) groups excluding carboxylic acids is 1. The van der Waals surface area contributed by atoms with Crippen LogP contribution in [0.4, 0.5) is 11.5 Å². The predicted molar refractivity (Wildman–Crippen MR) is 78.4 cm³/mol. The van der Waals surface area contributed by atoms with E-state index in [1.54, 1.807) is 13.2 Å². The highest BCUT2D eigenvalue weighted by Gasteiger charge is 2.09. The Morgan fingerprint density at radius 1 is 1.32 bits per heavy atom. The maximum Gasteiger partial charge on any atom is 0.275 e. The highest BCUT2D eigenvalue weighted by Crippen LogP contribution is 2.20. The molecule has 0 aliphatic rings. The monoisotopic (exact) mass is 320 g/mol. The number of aromatic nitrogens is 2. The Morgan fingerprint density at radius 2 is 2.11 bits per heavy atom. The second-order valence-electron chi connectivity index (χ2n) is 3.96. The van der Waals surface area contributed by atoms with Crippen LogP contribution in [0.1, 0.15) is 16.1 Å². The standard InChI is InChI=1S/C13H13BrN4O/c1-8-3-4-9(5-10(8)14)17-13(19)11-6-16-7-12(15-2)18-11/h3-7H,1-2H3,(H,15,18)(H,17,19). The minimum absolute atomic E-state index is 0.267. The third-order valence-corrected chi connectivity index (χ3v) is 3.41. The van der Waals surface area contributed by atoms with Gasteiger partial charge in [0.25, 0.3) is 5.91 Å². The molecule has 0 saturated carbocycles. The minimum atomic E-state index is -0.291. The summed E-state index contributed by atoms with van der Waals surface area (Å²) in [6.45, 7) is 1.98. The summed E-state index contributed by atoms with van der Waals surface area (Å²) in [7, 11) is 1.72. The first-order valence-electron chi connectivity index (χ1n) is 5.67. The zero-order chi connectivity index (χ0) is 13.8. The van der Waals surface area contributed by atoms with Crippen LogP contribution in [0.5, 0.6) is 0 Å². The molecule has 0 saturated heterocycles. The van der Waals surface area contributed by atoms with Gasteiger partial charge in [-0.2, -0.15) is 0 Å². The third kappa shape index (κ3) is 3.29. The van der Waals surface area contributed by atoms with Gasteiger partial charge in [0.15, 0.2) is 0 Å². The molecular formula is C13H13BrN4O. The molecule has 5 nitrogen and oxygen atoms in total. The van der Waals surface area contributed by atoms with Crippen molar-refractivity contribution < 1.29 is 4.79 Å². The molecule has 0 atom stereocenters. The van der Waals surface area contributed by atoms with Crippen LogP contribution >= 0.6 is 15.9 Å². The van der Waals surface area contributed by atoms with Gasteiger partial charge in [-0.25, -0.2) is 4.98 Å². The van der Waals surface area contributed by atoms with Gasteiger partial charge < -0.3 is 10.6 Å². The summed E-state index contributed by atoms with van der Waals surface area (Å²) >= 11 is 3.43. The Balaban J connectivity index is 2.18. The SMILES string of the molecule is CNc1cncc(C(=O)Nc2ccc(C)c(Br)c2)n1. The van der Waals surface area contributed by atoms with Gasteiger partial charge in [0.1, 0.15) is 11.5 Å². The molecule has 0 unspecified atom stereocenters. The van der Waals surface area contributed by atoms with E-state index in [2.05, 4.69) is 36.5 Å². The molecule has 98 valence electrons. The van der Waals surface area contributed by atoms with E-state index in [4.69, 9.17) is 0 Å². The summed E-state index contributed by atoms with van der Waals surface area (Å²) in [5, 5.41) is 5.62. The number of carbonyl (C=O) groups is 1. The van der Waals surface area contributed by atoms with E-state index in [0.29, 0.717) is 11.5 Å². The van der Waals surface area contributed by atoms with E-state index >= 15 is 0 Å². The van der Waals surface area contributed by atoms with Crippen LogP contribution in [0.3, 0.4) is 0 Å². The average Bonchev–Trinajstić information content (AvgIpc) is 2.43. The first kappa shape index (κ1) is 13.5. The van der Waals surface area contributed by atoms with Gasteiger partial charge in [0, 0.05) is 17.2 Å². The number of benzene rings is 1. The molecular weight excluding hydrogens is 308 g/mol. The van der Waals surface area contributed by atoms with Crippen LogP contribution in [-0.2, 0) is 0 Å². The molecule has 2 N–H and O–H groups in total. The molecule has 0 fully saturated rings. The second-order valence-corrected chi connectivity index (χ2v) is 4.81. The first-order valence-corrected chi connectivity index (χ1v) is 6.47. The normalized spacial score (nSPS) is 10.1. The molecule has 6 heteroatoms. The lowest BCUT2D eigenvalue weighted by Gasteiger charge is -2.07. The van der Waals surface area contributed by atoms with Crippen molar-refractivity contribution in [1.29, 1.82) is 0 Å². The van der Waals surface area contributed by atoms with Gasteiger partial charge in [-0.15, -0.1) is 0 Å². The molecule has 1 heterocycles. The van der Waals surface area contributed by atoms with Crippen molar-refractivity contribution >= 4 is 33.3 Å². The van der Waals surface area contributed by atoms with Crippen molar-refractivity contribution in [2.75, 3.05) is 17.7 Å². The summed E-state index contributed by atoms with van der Waals surface area (Å²) in [6, 6.07) is 5.62. The van der Waals surface area contributed by atoms with Crippen LogP contribution < -0.4 is 10.6 Å². The fraction of sp³-hybridized carbons (Fsp3) is 0.154. The number of nitrogens with zero attached hydrogens (tertiary/aromatic N) is 2. The summed E-state index contributed by atoms with van der Waals surface area (Å²) in [5.74, 6) is 0.262. The van der Waals surface area contributed by atoms with Crippen LogP contribution in [0.15, 0.2) is 35.1 Å². The van der Waals surface area contributed by atoms with Gasteiger partial charge >= 0.3 is 0 Å². The van der Waals surface area contributed by atoms with Gasteiger partial charge in [-0.05, 0) is 24.6 Å². The molecule has 19 heavy (non-hydrogen) atoms. The van der Waals surface area contributed by atoms with Crippen molar-refractivity contribution in [3.8, 4) is 0 Å². The predicted octanol–water partition coefficient (Wildman–Crippen LogP) is 2.84. The first-order chi connectivity index (χ1) is 9.10. The summed E-state index contributed by atoms with van der Waals surface area (Å²) in [6.07, 6.45) is 2.98. The van der Waals surface area contributed by atoms with E-state index in [-0.39, 0.29) is 11.6 Å². The lowest BCUT2D eigenvalue weighted by Crippen LogP contribution is -2.14. The fourth-order valence-electron chi connectivity index (χ4n) is 1.46. The molecule has 2 rings (SSSR count). The fourth-order valence-corrected chi connectivity index (χ4v) is 1.84. The topological polar surface area (TPSA) is 66.9 Å². The van der Waals surface area contributed by atoms with E-state index in [0.717, 1.165) is 10.0 Å². The van der Waals surface area contributed by atoms with Crippen molar-refractivity contribution in [3.63, 3.8) is 0 Å². The van der Waals surface area contributed by atoms with Crippen molar-refractivity contribution in [2.45, 2.75) is 6.92 Å². The van der Waals surface area contributed by atoms with Crippen molar-refractivity contribution in [2.24, 2.45) is 0 Å². The Hall–Kier alpha value is -1.95. The van der Waals surface area contributed by atoms with E-state index in [9.17, 15) is 4.79 Å². The minimum Gasteiger partial charge on any atom is -0.372 e. The number of anilines is 2. The summed E-state index contributed by atoms with van der Waals surface area (Å²) < 4.78 is 0.945. The van der Waals surface area contributed by atoms with Gasteiger partial charge in [0.05, 0.1) is 12.4 Å². The average molecular weight is 321 g/mol. The molecule has 0 radical (unpaired) electrons. The van der Waals surface area contributed by atoms with Crippen LogP contribution in [0.25, 0.3) is 0 Å².